The number of halogens is 1. The largest absolute Gasteiger partial charge is 0.341 e. The van der Waals surface area contributed by atoms with Gasteiger partial charge in [-0.2, -0.15) is 0 Å². The highest BCUT2D eigenvalue weighted by Gasteiger charge is 2.51. The molecule has 1 saturated heterocycles. The lowest BCUT2D eigenvalue weighted by molar-refractivity contribution is -0.132. The number of amides is 1. The summed E-state index contributed by atoms with van der Waals surface area (Å²) >= 11 is 3.58. The first-order valence-corrected chi connectivity index (χ1v) is 6.74. The molecular weight excluding hydrogens is 254 g/mol. The number of nitrogens with zero attached hydrogens (tertiary/aromatic N) is 1. The van der Waals surface area contributed by atoms with Crippen LogP contribution in [-0.2, 0) is 4.79 Å². The first-order valence-electron chi connectivity index (χ1n) is 5.82. The van der Waals surface area contributed by atoms with Gasteiger partial charge in [-0.25, -0.2) is 0 Å². The summed E-state index contributed by atoms with van der Waals surface area (Å²) in [6.45, 7) is 8.57. The van der Waals surface area contributed by atoms with Crippen molar-refractivity contribution in [2.24, 2.45) is 17.3 Å². The Morgan fingerprint density at radius 2 is 2.07 bits per heavy atom. The molecule has 0 radical (unpaired) electrons. The Morgan fingerprint density at radius 1 is 1.40 bits per heavy atom. The van der Waals surface area contributed by atoms with Crippen LogP contribution in [0.1, 0.15) is 33.6 Å². The maximum atomic E-state index is 12.1. The van der Waals surface area contributed by atoms with Crippen molar-refractivity contribution in [2.45, 2.75) is 38.4 Å². The topological polar surface area (TPSA) is 20.3 Å². The van der Waals surface area contributed by atoms with Gasteiger partial charge in [-0.05, 0) is 24.2 Å². The van der Waals surface area contributed by atoms with Crippen LogP contribution in [0.2, 0.25) is 0 Å². The van der Waals surface area contributed by atoms with Gasteiger partial charge in [-0.15, -0.1) is 0 Å². The molecule has 0 aromatic carbocycles. The molecule has 3 heteroatoms. The van der Waals surface area contributed by atoms with E-state index in [-0.39, 0.29) is 0 Å². The molecule has 15 heavy (non-hydrogen) atoms. The quantitative estimate of drug-likeness (QED) is 0.673. The molecule has 86 valence electrons. The molecule has 2 aliphatic rings. The van der Waals surface area contributed by atoms with Gasteiger partial charge in [0.25, 0.3) is 0 Å². The highest BCUT2D eigenvalue weighted by Crippen LogP contribution is 2.51. The number of alkyl halides is 1. The molecular formula is C12H20BrNO. The van der Waals surface area contributed by atoms with E-state index in [0.29, 0.717) is 28.0 Å². The normalized spacial score (nSPS) is 35.7. The van der Waals surface area contributed by atoms with Crippen LogP contribution in [0.15, 0.2) is 0 Å². The van der Waals surface area contributed by atoms with E-state index in [4.69, 9.17) is 0 Å². The van der Waals surface area contributed by atoms with Gasteiger partial charge in [0.15, 0.2) is 0 Å². The van der Waals surface area contributed by atoms with Crippen molar-refractivity contribution in [3.8, 4) is 0 Å². The van der Waals surface area contributed by atoms with Crippen LogP contribution in [0.3, 0.4) is 0 Å². The van der Waals surface area contributed by atoms with E-state index in [1.165, 1.54) is 0 Å². The van der Waals surface area contributed by atoms with Crippen molar-refractivity contribution in [3.05, 3.63) is 0 Å². The molecule has 1 amide bonds. The van der Waals surface area contributed by atoms with Gasteiger partial charge in [-0.3, -0.25) is 4.79 Å². The van der Waals surface area contributed by atoms with Gasteiger partial charge in [0.1, 0.15) is 0 Å². The predicted molar refractivity (Wildman–Crippen MR) is 65.0 cm³/mol. The van der Waals surface area contributed by atoms with Gasteiger partial charge in [0, 0.05) is 23.8 Å². The number of hydrogen-bond donors (Lipinski definition) is 0. The highest BCUT2D eigenvalue weighted by molar-refractivity contribution is 9.09. The second-order valence-corrected chi connectivity index (χ2v) is 7.28. The summed E-state index contributed by atoms with van der Waals surface area (Å²) in [6.07, 6.45) is 2.21. The zero-order valence-corrected chi connectivity index (χ0v) is 11.4. The van der Waals surface area contributed by atoms with Crippen LogP contribution in [-0.4, -0.2) is 28.7 Å². The Hall–Kier alpha value is -0.0500. The third kappa shape index (κ3) is 2.38. The molecule has 1 aliphatic heterocycles. The molecule has 0 aromatic rings. The summed E-state index contributed by atoms with van der Waals surface area (Å²) in [5, 5.41) is 0. The molecule has 2 nitrogen and oxygen atoms in total. The molecule has 1 saturated carbocycles. The lowest BCUT2D eigenvalue weighted by Gasteiger charge is -2.20. The van der Waals surface area contributed by atoms with E-state index in [1.54, 1.807) is 0 Å². The lowest BCUT2D eigenvalue weighted by atomic mass is 9.89. The molecule has 0 aromatic heterocycles. The average molecular weight is 274 g/mol. The van der Waals surface area contributed by atoms with E-state index in [2.05, 4.69) is 36.7 Å². The Labute approximate surface area is 101 Å². The summed E-state index contributed by atoms with van der Waals surface area (Å²) in [5.41, 5.74) is 0.299. The van der Waals surface area contributed by atoms with Crippen LogP contribution in [0, 0.1) is 17.3 Å². The highest BCUT2D eigenvalue weighted by atomic mass is 79.9. The van der Waals surface area contributed by atoms with Gasteiger partial charge >= 0.3 is 0 Å². The first kappa shape index (κ1) is 11.4. The minimum atomic E-state index is 0.299. The van der Waals surface area contributed by atoms with Crippen molar-refractivity contribution < 1.29 is 4.79 Å². The summed E-state index contributed by atoms with van der Waals surface area (Å²) in [4.78, 5) is 14.7. The smallest absolute Gasteiger partial charge is 0.226 e. The predicted octanol–water partition coefficient (Wildman–Crippen LogP) is 2.66. The Bertz CT molecular complexity index is 271. The molecule has 1 aliphatic carbocycles. The van der Waals surface area contributed by atoms with Gasteiger partial charge < -0.3 is 4.90 Å². The minimum absolute atomic E-state index is 0.299. The number of hydrogen-bond acceptors (Lipinski definition) is 1. The van der Waals surface area contributed by atoms with E-state index in [1.807, 2.05) is 4.90 Å². The number of carbonyl (C=O) groups is 1. The van der Waals surface area contributed by atoms with E-state index < -0.39 is 0 Å². The second-order valence-electron chi connectivity index (χ2n) is 5.98. The molecule has 3 unspecified atom stereocenters. The lowest BCUT2D eigenvalue weighted by Crippen LogP contribution is -2.31. The third-order valence-corrected chi connectivity index (χ3v) is 4.41. The Morgan fingerprint density at radius 3 is 2.47 bits per heavy atom. The van der Waals surface area contributed by atoms with E-state index >= 15 is 0 Å². The van der Waals surface area contributed by atoms with Gasteiger partial charge in [0.05, 0.1) is 0 Å². The fourth-order valence-corrected chi connectivity index (χ4v) is 3.13. The second kappa shape index (κ2) is 3.76. The van der Waals surface area contributed by atoms with Crippen molar-refractivity contribution >= 4 is 21.8 Å². The minimum Gasteiger partial charge on any atom is -0.341 e. The standard InChI is InChI=1S/C12H20BrNO/c1-12(2,3)10-6-9(10)11(15)14-5-4-8(13)7-14/h8-10H,4-7H2,1-3H3. The summed E-state index contributed by atoms with van der Waals surface area (Å²) in [5.74, 6) is 1.33. The molecule has 1 heterocycles. The van der Waals surface area contributed by atoms with E-state index in [0.717, 1.165) is 25.9 Å². The maximum absolute atomic E-state index is 12.1. The molecule has 0 N–H and O–H groups in total. The van der Waals surface area contributed by atoms with Crippen LogP contribution < -0.4 is 0 Å². The SMILES string of the molecule is CC(C)(C)C1CC1C(=O)N1CCC(Br)C1. The summed E-state index contributed by atoms with van der Waals surface area (Å²) in [6, 6.07) is 0. The van der Waals surface area contributed by atoms with Crippen LogP contribution in [0.4, 0.5) is 0 Å². The Kier molecular flexibility index (Phi) is 2.87. The van der Waals surface area contributed by atoms with E-state index in [9.17, 15) is 4.79 Å². The van der Waals surface area contributed by atoms with Crippen molar-refractivity contribution in [1.82, 2.24) is 4.90 Å². The number of likely N-dealkylation sites (tertiary alicyclic amines) is 1. The zero-order valence-electron chi connectivity index (χ0n) is 9.79. The molecule has 3 atom stereocenters. The monoisotopic (exact) mass is 273 g/mol. The van der Waals surface area contributed by atoms with Crippen molar-refractivity contribution in [3.63, 3.8) is 0 Å². The van der Waals surface area contributed by atoms with Gasteiger partial charge in [-0.1, -0.05) is 36.7 Å². The molecule has 2 fully saturated rings. The number of rotatable bonds is 1. The van der Waals surface area contributed by atoms with Crippen LogP contribution in [0.5, 0.6) is 0 Å². The summed E-state index contributed by atoms with van der Waals surface area (Å²) < 4.78 is 0. The fraction of sp³-hybridized carbons (Fsp3) is 0.917. The third-order valence-electron chi connectivity index (χ3n) is 3.66. The van der Waals surface area contributed by atoms with Crippen LogP contribution in [0.25, 0.3) is 0 Å². The van der Waals surface area contributed by atoms with Crippen LogP contribution >= 0.6 is 15.9 Å². The fourth-order valence-electron chi connectivity index (χ4n) is 2.58. The van der Waals surface area contributed by atoms with Crippen molar-refractivity contribution in [2.75, 3.05) is 13.1 Å². The summed E-state index contributed by atoms with van der Waals surface area (Å²) in [7, 11) is 0. The molecule has 0 spiro atoms. The average Bonchev–Trinajstić information content (AvgIpc) is 2.82. The Balaban J connectivity index is 1.89. The molecule has 0 bridgehead atoms. The molecule has 2 rings (SSSR count). The van der Waals surface area contributed by atoms with Crippen molar-refractivity contribution in [1.29, 1.82) is 0 Å². The zero-order chi connectivity index (χ0) is 11.2. The van der Waals surface area contributed by atoms with Gasteiger partial charge in [0.2, 0.25) is 5.91 Å². The first-order chi connectivity index (χ1) is 6.89. The maximum Gasteiger partial charge on any atom is 0.226 e. The number of carbonyl (C=O) groups excluding carboxylic acids is 1.